The SMILES string of the molecule is CCCN(CCN(C)C)S(=O)(=O)c1ccc(CCNC)s1. The van der Waals surface area contributed by atoms with E-state index in [1.807, 2.05) is 39.0 Å². The van der Waals surface area contributed by atoms with Gasteiger partial charge in [-0.3, -0.25) is 0 Å². The van der Waals surface area contributed by atoms with Crippen molar-refractivity contribution in [1.82, 2.24) is 14.5 Å². The van der Waals surface area contributed by atoms with E-state index in [0.717, 1.165) is 30.8 Å². The summed E-state index contributed by atoms with van der Waals surface area (Å²) in [6, 6.07) is 3.66. The molecule has 0 fully saturated rings. The lowest BCUT2D eigenvalue weighted by molar-refractivity contribution is 0.333. The normalized spacial score (nSPS) is 12.5. The fraction of sp³-hybridized carbons (Fsp3) is 0.714. The molecule has 0 aromatic carbocycles. The molecular weight excluding hydrogens is 306 g/mol. The molecule has 0 radical (unpaired) electrons. The summed E-state index contributed by atoms with van der Waals surface area (Å²) in [4.78, 5) is 3.11. The quantitative estimate of drug-likeness (QED) is 0.704. The van der Waals surface area contributed by atoms with E-state index >= 15 is 0 Å². The first-order valence-corrected chi connectivity index (χ1v) is 9.55. The van der Waals surface area contributed by atoms with Gasteiger partial charge in [-0.2, -0.15) is 4.31 Å². The number of thiophene rings is 1. The number of rotatable bonds is 10. The van der Waals surface area contributed by atoms with E-state index < -0.39 is 10.0 Å². The fourth-order valence-electron chi connectivity index (χ4n) is 1.92. The number of likely N-dealkylation sites (N-methyl/N-ethyl adjacent to an activating group) is 2. The van der Waals surface area contributed by atoms with Crippen LogP contribution in [0.15, 0.2) is 16.3 Å². The summed E-state index contributed by atoms with van der Waals surface area (Å²) in [6.45, 7) is 4.70. The highest BCUT2D eigenvalue weighted by Crippen LogP contribution is 2.25. The minimum absolute atomic E-state index is 0.459. The van der Waals surface area contributed by atoms with Gasteiger partial charge >= 0.3 is 0 Å². The highest BCUT2D eigenvalue weighted by Gasteiger charge is 2.25. The maximum Gasteiger partial charge on any atom is 0.252 e. The number of sulfonamides is 1. The van der Waals surface area contributed by atoms with Gasteiger partial charge in [0.2, 0.25) is 0 Å². The van der Waals surface area contributed by atoms with E-state index in [1.165, 1.54) is 11.3 Å². The summed E-state index contributed by atoms with van der Waals surface area (Å²) < 4.78 is 27.5. The number of nitrogens with zero attached hydrogens (tertiary/aromatic N) is 2. The Morgan fingerprint density at radius 1 is 1.19 bits per heavy atom. The summed E-state index contributed by atoms with van der Waals surface area (Å²) >= 11 is 1.38. The van der Waals surface area contributed by atoms with Crippen molar-refractivity contribution in [3.8, 4) is 0 Å². The van der Waals surface area contributed by atoms with Crippen molar-refractivity contribution in [2.75, 3.05) is 47.3 Å². The Balaban J connectivity index is 2.86. The monoisotopic (exact) mass is 333 g/mol. The smallest absolute Gasteiger partial charge is 0.252 e. The zero-order chi connectivity index (χ0) is 15.9. The van der Waals surface area contributed by atoms with Gasteiger partial charge in [-0.15, -0.1) is 11.3 Å². The minimum atomic E-state index is -3.36. The third-order valence-electron chi connectivity index (χ3n) is 3.12. The van der Waals surface area contributed by atoms with Crippen LogP contribution in [0.4, 0.5) is 0 Å². The van der Waals surface area contributed by atoms with Crippen molar-refractivity contribution in [3.05, 3.63) is 17.0 Å². The molecule has 0 bridgehead atoms. The Labute approximate surface area is 133 Å². The van der Waals surface area contributed by atoms with E-state index in [1.54, 1.807) is 10.4 Å². The highest BCUT2D eigenvalue weighted by atomic mass is 32.2. The Hall–Kier alpha value is -0.470. The molecule has 0 aliphatic heterocycles. The fourth-order valence-corrected chi connectivity index (χ4v) is 4.95. The van der Waals surface area contributed by atoms with E-state index in [9.17, 15) is 8.42 Å². The van der Waals surface area contributed by atoms with Gasteiger partial charge in [-0.05, 0) is 52.7 Å². The van der Waals surface area contributed by atoms with Crippen molar-refractivity contribution < 1.29 is 8.42 Å². The van der Waals surface area contributed by atoms with E-state index in [2.05, 4.69) is 5.32 Å². The summed E-state index contributed by atoms with van der Waals surface area (Å²) in [7, 11) is 2.45. The number of hydrogen-bond acceptors (Lipinski definition) is 5. The van der Waals surface area contributed by atoms with Crippen LogP contribution in [0.2, 0.25) is 0 Å². The van der Waals surface area contributed by atoms with Crippen LogP contribution in [0.5, 0.6) is 0 Å². The van der Waals surface area contributed by atoms with Gasteiger partial charge < -0.3 is 10.2 Å². The molecule has 0 unspecified atom stereocenters. The van der Waals surface area contributed by atoms with Crippen LogP contribution in [0.1, 0.15) is 18.2 Å². The summed E-state index contributed by atoms with van der Waals surface area (Å²) in [5, 5.41) is 3.08. The van der Waals surface area contributed by atoms with Crippen LogP contribution >= 0.6 is 11.3 Å². The molecule has 0 saturated carbocycles. The maximum absolute atomic E-state index is 12.7. The molecule has 1 aromatic heterocycles. The molecular formula is C14H27N3O2S2. The van der Waals surface area contributed by atoms with Crippen molar-refractivity contribution in [2.45, 2.75) is 24.0 Å². The number of nitrogens with one attached hydrogen (secondary N) is 1. The second kappa shape index (κ2) is 8.85. The predicted octanol–water partition coefficient (Wildman–Crippen LogP) is 1.47. The lowest BCUT2D eigenvalue weighted by atomic mass is 10.3. The van der Waals surface area contributed by atoms with Gasteiger partial charge in [0, 0.05) is 24.5 Å². The Morgan fingerprint density at radius 2 is 1.90 bits per heavy atom. The first kappa shape index (κ1) is 18.6. The predicted molar refractivity (Wildman–Crippen MR) is 89.6 cm³/mol. The average molecular weight is 334 g/mol. The maximum atomic E-state index is 12.7. The van der Waals surface area contributed by atoms with Crippen LogP contribution in [0, 0.1) is 0 Å². The molecule has 5 nitrogen and oxygen atoms in total. The molecule has 1 rings (SSSR count). The van der Waals surface area contributed by atoms with Crippen molar-refractivity contribution in [1.29, 1.82) is 0 Å². The van der Waals surface area contributed by atoms with E-state index in [-0.39, 0.29) is 0 Å². The first-order valence-electron chi connectivity index (χ1n) is 7.30. The Bertz CT molecular complexity index is 512. The van der Waals surface area contributed by atoms with Crippen molar-refractivity contribution >= 4 is 21.4 Å². The minimum Gasteiger partial charge on any atom is -0.319 e. The topological polar surface area (TPSA) is 52.7 Å². The zero-order valence-corrected chi connectivity index (χ0v) is 15.1. The van der Waals surface area contributed by atoms with Crippen molar-refractivity contribution in [2.24, 2.45) is 0 Å². The second-order valence-electron chi connectivity index (χ2n) is 5.28. The first-order chi connectivity index (χ1) is 9.91. The van der Waals surface area contributed by atoms with Gasteiger partial charge in [-0.25, -0.2) is 8.42 Å². The standard InChI is InChI=1S/C14H27N3O2S2/c1-5-10-17(12-11-16(3)4)21(18,19)14-7-6-13(20-14)8-9-15-2/h6-7,15H,5,8-12H2,1-4H3. The third kappa shape index (κ3) is 5.67. The molecule has 1 N–H and O–H groups in total. The van der Waals surface area contributed by atoms with Gasteiger partial charge in [0.05, 0.1) is 0 Å². The average Bonchev–Trinajstić information content (AvgIpc) is 2.90. The highest BCUT2D eigenvalue weighted by molar-refractivity contribution is 7.91. The molecule has 0 amide bonds. The summed E-state index contributed by atoms with van der Waals surface area (Å²) in [5.41, 5.74) is 0. The van der Waals surface area contributed by atoms with Crippen LogP contribution in [0.3, 0.4) is 0 Å². The van der Waals surface area contributed by atoms with Crippen LogP contribution in [-0.4, -0.2) is 64.9 Å². The van der Waals surface area contributed by atoms with Gasteiger partial charge in [-0.1, -0.05) is 6.92 Å². The molecule has 0 atom stereocenters. The van der Waals surface area contributed by atoms with Crippen molar-refractivity contribution in [3.63, 3.8) is 0 Å². The van der Waals surface area contributed by atoms with Gasteiger partial charge in [0.25, 0.3) is 10.0 Å². The zero-order valence-electron chi connectivity index (χ0n) is 13.4. The van der Waals surface area contributed by atoms with Gasteiger partial charge in [0.1, 0.15) is 4.21 Å². The molecule has 0 aliphatic carbocycles. The molecule has 122 valence electrons. The van der Waals surface area contributed by atoms with Crippen LogP contribution in [-0.2, 0) is 16.4 Å². The molecule has 1 heterocycles. The second-order valence-corrected chi connectivity index (χ2v) is 8.61. The third-order valence-corrected chi connectivity index (χ3v) is 6.63. The Kier molecular flexibility index (Phi) is 7.83. The van der Waals surface area contributed by atoms with Crippen LogP contribution in [0.25, 0.3) is 0 Å². The molecule has 1 aromatic rings. The molecule has 0 spiro atoms. The summed E-state index contributed by atoms with van der Waals surface area (Å²) in [6.07, 6.45) is 1.69. The molecule has 21 heavy (non-hydrogen) atoms. The number of hydrogen-bond donors (Lipinski definition) is 1. The van der Waals surface area contributed by atoms with E-state index in [0.29, 0.717) is 17.3 Å². The molecule has 7 heteroatoms. The van der Waals surface area contributed by atoms with Gasteiger partial charge in [0.15, 0.2) is 0 Å². The lowest BCUT2D eigenvalue weighted by Crippen LogP contribution is -2.36. The molecule has 0 aliphatic rings. The molecule has 0 saturated heterocycles. The lowest BCUT2D eigenvalue weighted by Gasteiger charge is -2.22. The summed E-state index contributed by atoms with van der Waals surface area (Å²) in [5.74, 6) is 0. The largest absolute Gasteiger partial charge is 0.319 e. The Morgan fingerprint density at radius 3 is 2.48 bits per heavy atom. The van der Waals surface area contributed by atoms with Crippen LogP contribution < -0.4 is 5.32 Å². The van der Waals surface area contributed by atoms with E-state index in [4.69, 9.17) is 0 Å².